The molecule has 0 aliphatic carbocycles. The van der Waals surface area contributed by atoms with E-state index >= 15 is 0 Å². The molecule has 0 bridgehead atoms. The van der Waals surface area contributed by atoms with E-state index in [1.165, 1.54) is 64.8 Å². The Morgan fingerprint density at radius 2 is 0.474 bits per heavy atom. The number of aromatic nitrogens is 3. The fourth-order valence-corrected chi connectivity index (χ4v) is 18.0. The first kappa shape index (κ1) is 75.2. The van der Waals surface area contributed by atoms with Crippen LogP contribution in [0, 0.1) is 23.3 Å². The second-order valence-electron chi connectivity index (χ2n) is 29.1. The lowest BCUT2D eigenvalue weighted by Gasteiger charge is -2.31. The molecule has 0 atom stereocenters. The van der Waals surface area contributed by atoms with Crippen molar-refractivity contribution in [1.82, 2.24) is 0 Å². The van der Waals surface area contributed by atoms with Gasteiger partial charge in [0.05, 0.1) is 26.3 Å². The zero-order chi connectivity index (χ0) is 78.0. The van der Waals surface area contributed by atoms with Gasteiger partial charge in [0, 0.05) is 36.2 Å². The van der Waals surface area contributed by atoms with E-state index in [-0.39, 0.29) is 23.3 Å². The number of halogens is 8. The van der Waals surface area contributed by atoms with Crippen molar-refractivity contribution in [2.75, 3.05) is 26.3 Å². The summed E-state index contributed by atoms with van der Waals surface area (Å²) in [7, 11) is 0. The highest BCUT2D eigenvalue weighted by Gasteiger charge is 2.53. The highest BCUT2D eigenvalue weighted by atomic mass is 35.5. The molecule has 0 unspecified atom stereocenters. The van der Waals surface area contributed by atoms with Crippen LogP contribution in [0.15, 0.2) is 364 Å². The second kappa shape index (κ2) is 31.8. The van der Waals surface area contributed by atoms with E-state index < -0.39 is 32.4 Å². The van der Waals surface area contributed by atoms with E-state index in [1.807, 2.05) is 158 Å². The number of nitrogens with two attached hydrogens (primary N) is 2. The Hall–Kier alpha value is -11.5. The average Bonchev–Trinajstić information content (AvgIpc) is 1.56. The van der Waals surface area contributed by atoms with Crippen molar-refractivity contribution in [2.24, 2.45) is 0 Å². The van der Waals surface area contributed by atoms with Crippen molar-refractivity contribution in [3.05, 3.63) is 408 Å². The lowest BCUT2D eigenvalue weighted by atomic mass is 9.41. The maximum atomic E-state index is 13.6. The number of benzene rings is 13. The molecule has 5 aliphatic heterocycles. The fourth-order valence-electron chi connectivity index (χ4n) is 17.5. The van der Waals surface area contributed by atoms with E-state index in [9.17, 15) is 17.6 Å². The molecule has 13 aromatic carbocycles. The van der Waals surface area contributed by atoms with E-state index in [4.69, 9.17) is 69.7 Å². The van der Waals surface area contributed by atoms with Crippen molar-refractivity contribution in [2.45, 2.75) is 0 Å². The Labute approximate surface area is 677 Å². The van der Waals surface area contributed by atoms with Gasteiger partial charge in [0.15, 0.2) is 0 Å². The summed E-state index contributed by atoms with van der Waals surface area (Å²) in [5.41, 5.74) is 13.5. The van der Waals surface area contributed by atoms with Crippen molar-refractivity contribution in [3.8, 4) is 17.2 Å². The van der Waals surface area contributed by atoms with Crippen LogP contribution in [0.1, 0.15) is 0 Å². The van der Waals surface area contributed by atoms with Crippen LogP contribution in [0.5, 0.6) is 17.2 Å². The predicted octanol–water partition coefficient (Wildman–Crippen LogP) is 10.7. The maximum absolute atomic E-state index is 13.6. The summed E-state index contributed by atoms with van der Waals surface area (Å²) < 4.78 is 91.9. The smallest absolute Gasteiger partial charge is 0.513 e. The number of pyridine rings is 3. The van der Waals surface area contributed by atoms with Gasteiger partial charge in [-0.15, -0.1) is 21.9 Å². The molecule has 0 saturated carbocycles. The monoisotopic (exact) mass is 1590 g/mol. The molecular weight excluding hydrogens is 1510 g/mol. The molecule has 114 heavy (non-hydrogen) atoms. The zero-order valence-corrected chi connectivity index (χ0v) is 64.4. The van der Waals surface area contributed by atoms with Crippen LogP contribution in [-0.4, -0.2) is 58.7 Å². The fraction of sp³-hybridized carbons (Fsp3) is 0.0440. The van der Waals surface area contributed by atoms with Crippen LogP contribution < -0.4 is 92.5 Å². The highest BCUT2D eigenvalue weighted by molar-refractivity contribution is 6.94. The Morgan fingerprint density at radius 1 is 0.246 bits per heavy atom. The van der Waals surface area contributed by atoms with Gasteiger partial charge < -0.3 is 47.2 Å². The SMILES string of the molecule is Clc1ccc([B-]2(c3ccc(Cl)cc3)Oc3cccc4ccc[n+]2c34)cc1.Clc1ccc([B-]2(c3ccc(Cl)cc3)[NH2+]CCO2)cc1.Fc1ccc([B-]2(c3ccc(F)cc3)Oc3cccc4ccc[n+]2c34)cc1.Fc1ccc([B-]2(c3ccc(F)cc3)[NH2+]CCO2)cc1.c1ccc([B-]2(c3ccccc3)Oc3cccc4ccc[n+]2c34)cc1. The normalized spacial score (nSPS) is 15.5. The molecule has 0 spiro atoms. The third-order valence-electron chi connectivity index (χ3n) is 22.7. The topological polar surface area (TPSA) is 91.0 Å². The summed E-state index contributed by atoms with van der Waals surface area (Å²) in [4.78, 5) is 0. The quantitative estimate of drug-likeness (QED) is 0.105. The largest absolute Gasteiger partial charge is 0.647 e. The third kappa shape index (κ3) is 13.9. The van der Waals surface area contributed by atoms with Crippen LogP contribution in [0.2, 0.25) is 20.1 Å². The molecule has 5 aliphatic rings. The Balaban J connectivity index is 0.000000104. The van der Waals surface area contributed by atoms with Gasteiger partial charge in [0.2, 0.25) is 16.6 Å². The average molecular weight is 1590 g/mol. The molecule has 0 radical (unpaired) electrons. The minimum absolute atomic E-state index is 0.271. The molecule has 4 N–H and O–H groups in total. The molecule has 10 nitrogen and oxygen atoms in total. The van der Waals surface area contributed by atoms with Crippen molar-refractivity contribution >= 4 is 166 Å². The summed E-state index contributed by atoms with van der Waals surface area (Å²) >= 11 is 24.2. The molecule has 2 fully saturated rings. The summed E-state index contributed by atoms with van der Waals surface area (Å²) in [5, 5.41) is 10.7. The molecule has 16 aromatic rings. The maximum Gasteiger partial charge on any atom is 0.513 e. The van der Waals surface area contributed by atoms with Gasteiger partial charge in [-0.1, -0.05) is 255 Å². The molecule has 562 valence electrons. The summed E-state index contributed by atoms with van der Waals surface area (Å²) in [5.74, 6) is 1.43. The van der Waals surface area contributed by atoms with Gasteiger partial charge in [-0.05, 0) is 170 Å². The van der Waals surface area contributed by atoms with Crippen LogP contribution in [0.4, 0.5) is 17.6 Å². The summed E-state index contributed by atoms with van der Waals surface area (Å²) in [6, 6.07) is 109. The minimum atomic E-state index is -1.89. The van der Waals surface area contributed by atoms with E-state index in [0.717, 1.165) is 118 Å². The van der Waals surface area contributed by atoms with Crippen molar-refractivity contribution < 1.29 is 64.7 Å². The first-order valence-electron chi connectivity index (χ1n) is 38.0. The Morgan fingerprint density at radius 3 is 0.728 bits per heavy atom. The molecule has 8 heterocycles. The third-order valence-corrected chi connectivity index (χ3v) is 23.8. The number of rotatable bonds is 10. The van der Waals surface area contributed by atoms with Crippen molar-refractivity contribution in [3.63, 3.8) is 0 Å². The molecule has 3 aromatic heterocycles. The second-order valence-corrected chi connectivity index (χ2v) is 30.9. The number of nitrogens with zero attached hydrogens (tertiary/aromatic N) is 3. The van der Waals surface area contributed by atoms with Gasteiger partial charge in [-0.2, -0.15) is 0 Å². The molecular formula is C91H72B5Cl4F4N5O5. The summed E-state index contributed by atoms with van der Waals surface area (Å²) in [6.07, 6.45) is 6.19. The first-order chi connectivity index (χ1) is 55.7. The number of hydrogen-bond acceptors (Lipinski definition) is 5. The Kier molecular flexibility index (Phi) is 21.0. The number of para-hydroxylation sites is 3. The van der Waals surface area contributed by atoms with Gasteiger partial charge >= 0.3 is 32.4 Å². The van der Waals surface area contributed by atoms with Gasteiger partial charge in [-0.25, -0.2) is 17.6 Å². The minimum Gasteiger partial charge on any atom is -0.647 e. The lowest BCUT2D eigenvalue weighted by Crippen LogP contribution is -3.04. The zero-order valence-electron chi connectivity index (χ0n) is 61.4. The number of hydrogen-bond donors (Lipinski definition) is 2. The van der Waals surface area contributed by atoms with E-state index in [1.54, 1.807) is 48.5 Å². The predicted molar refractivity (Wildman–Crippen MR) is 455 cm³/mol. The van der Waals surface area contributed by atoms with Crippen LogP contribution >= 0.6 is 46.4 Å². The standard InChI is InChI=1S/C21H14BCl2NO.C21H14BF2NO.C21H16BNO.C14H14BCl2NO.C14H14BF2NO/c2*23-18-10-6-16(7-11-18)22(17-8-12-19(24)13-9-17)25-14-2-4-15-3-1-5-20(26-22)21(15)25;1-3-11-18(12-4-1)22(19-13-5-2-6-14-19)23-16-8-10-17-9-7-15-20(24-22)21(17)23;2*16-13-5-1-11(2-6-13)15(18-9-10-19-15)12-3-7-14(17)8-4-12/h2*1-14H;1-16H;2*1-8H,9-10,18H2. The molecule has 23 heteroatoms. The van der Waals surface area contributed by atoms with Crippen LogP contribution in [0.3, 0.4) is 0 Å². The first-order valence-corrected chi connectivity index (χ1v) is 39.5. The number of quaternary nitrogens is 2. The molecule has 0 amide bonds. The van der Waals surface area contributed by atoms with Gasteiger partial charge in [0.25, 0.3) is 0 Å². The van der Waals surface area contributed by atoms with Gasteiger partial charge in [0.1, 0.15) is 59.1 Å². The summed E-state index contributed by atoms with van der Waals surface area (Å²) in [6.45, 7) is -4.60. The van der Waals surface area contributed by atoms with Crippen LogP contribution in [-0.2, 0) is 9.31 Å². The van der Waals surface area contributed by atoms with E-state index in [0.29, 0.717) is 16.7 Å². The molecule has 2 saturated heterocycles. The van der Waals surface area contributed by atoms with Gasteiger partial charge in [-0.3, -0.25) is 0 Å². The lowest BCUT2D eigenvalue weighted by molar-refractivity contribution is -0.515. The molecule has 21 rings (SSSR count). The van der Waals surface area contributed by atoms with Crippen molar-refractivity contribution in [1.29, 1.82) is 0 Å². The Bertz CT molecular complexity index is 5610. The highest BCUT2D eigenvalue weighted by Crippen LogP contribution is 2.34. The van der Waals surface area contributed by atoms with E-state index in [2.05, 4.69) is 133 Å². The van der Waals surface area contributed by atoms with Crippen LogP contribution in [0.25, 0.3) is 32.7 Å².